The Bertz CT molecular complexity index is 373. The highest BCUT2D eigenvalue weighted by atomic mass is 16.6. The molecule has 2 saturated heterocycles. The van der Waals surface area contributed by atoms with Gasteiger partial charge in [-0.05, 0) is 32.6 Å². The van der Waals surface area contributed by atoms with Crippen LogP contribution in [0.4, 0.5) is 0 Å². The van der Waals surface area contributed by atoms with Gasteiger partial charge < -0.3 is 19.1 Å². The molecule has 6 heteroatoms. The fourth-order valence-electron chi connectivity index (χ4n) is 2.93. The lowest BCUT2D eigenvalue weighted by molar-refractivity contribution is -0.162. The fraction of sp³-hybridized carbons (Fsp3) is 0.882. The molecule has 132 valence electrons. The maximum absolute atomic E-state index is 12.1. The van der Waals surface area contributed by atoms with Crippen LogP contribution in [0.5, 0.6) is 0 Å². The van der Waals surface area contributed by atoms with Gasteiger partial charge in [-0.15, -0.1) is 0 Å². The van der Waals surface area contributed by atoms with Gasteiger partial charge in [0.05, 0.1) is 12.7 Å². The maximum atomic E-state index is 12.1. The number of hydrogen-bond acceptors (Lipinski definition) is 5. The molecule has 0 spiro atoms. The van der Waals surface area contributed by atoms with Crippen LogP contribution in [0.25, 0.3) is 0 Å². The third-order valence-corrected chi connectivity index (χ3v) is 4.43. The second-order valence-electron chi connectivity index (χ2n) is 6.37. The van der Waals surface area contributed by atoms with E-state index in [9.17, 15) is 9.59 Å². The van der Waals surface area contributed by atoms with Crippen molar-refractivity contribution in [3.05, 3.63) is 0 Å². The summed E-state index contributed by atoms with van der Waals surface area (Å²) in [6, 6.07) is 0. The number of amides is 1. The zero-order valence-electron chi connectivity index (χ0n) is 14.1. The Morgan fingerprint density at radius 2 is 1.83 bits per heavy atom. The van der Waals surface area contributed by atoms with Gasteiger partial charge in [-0.1, -0.05) is 19.3 Å². The summed E-state index contributed by atoms with van der Waals surface area (Å²) in [4.78, 5) is 25.9. The molecule has 2 rings (SSSR count). The van der Waals surface area contributed by atoms with E-state index in [0.717, 1.165) is 58.2 Å². The summed E-state index contributed by atoms with van der Waals surface area (Å²) in [5.41, 5.74) is 0. The van der Waals surface area contributed by atoms with Gasteiger partial charge in [0, 0.05) is 19.7 Å². The highest BCUT2D eigenvalue weighted by Crippen LogP contribution is 2.13. The molecule has 2 heterocycles. The van der Waals surface area contributed by atoms with Crippen molar-refractivity contribution in [2.75, 3.05) is 32.9 Å². The number of hydrogen-bond donors (Lipinski definition) is 0. The Hall–Kier alpha value is -1.14. The van der Waals surface area contributed by atoms with Crippen molar-refractivity contribution in [1.29, 1.82) is 0 Å². The van der Waals surface area contributed by atoms with Crippen LogP contribution in [0, 0.1) is 0 Å². The molecule has 0 N–H and O–H groups in total. The van der Waals surface area contributed by atoms with E-state index in [-0.39, 0.29) is 18.6 Å². The van der Waals surface area contributed by atoms with Gasteiger partial charge in [0.1, 0.15) is 0 Å². The molecule has 23 heavy (non-hydrogen) atoms. The first kappa shape index (κ1) is 18.2. The monoisotopic (exact) mass is 327 g/mol. The molecule has 2 fully saturated rings. The Labute approximate surface area is 138 Å². The lowest BCUT2D eigenvalue weighted by Gasteiger charge is -2.24. The molecule has 0 aromatic heterocycles. The number of esters is 1. The molecular weight excluding hydrogens is 298 g/mol. The quantitative estimate of drug-likeness (QED) is 0.697. The average molecular weight is 327 g/mol. The van der Waals surface area contributed by atoms with Crippen molar-refractivity contribution in [2.24, 2.45) is 0 Å². The van der Waals surface area contributed by atoms with Crippen molar-refractivity contribution in [3.63, 3.8) is 0 Å². The van der Waals surface area contributed by atoms with Crippen molar-refractivity contribution in [1.82, 2.24) is 4.90 Å². The van der Waals surface area contributed by atoms with E-state index in [0.29, 0.717) is 6.61 Å². The van der Waals surface area contributed by atoms with Crippen LogP contribution in [-0.4, -0.2) is 61.9 Å². The minimum absolute atomic E-state index is 0.0768. The van der Waals surface area contributed by atoms with Crippen LogP contribution >= 0.6 is 0 Å². The van der Waals surface area contributed by atoms with E-state index in [2.05, 4.69) is 0 Å². The van der Waals surface area contributed by atoms with Gasteiger partial charge in [0.25, 0.3) is 5.91 Å². The Morgan fingerprint density at radius 1 is 1.13 bits per heavy atom. The predicted molar refractivity (Wildman–Crippen MR) is 85.0 cm³/mol. The molecular formula is C17H29NO5. The van der Waals surface area contributed by atoms with Gasteiger partial charge in [0.15, 0.2) is 12.7 Å². The van der Waals surface area contributed by atoms with Gasteiger partial charge in [0.2, 0.25) is 0 Å². The molecule has 2 aliphatic heterocycles. The number of rotatable bonds is 6. The van der Waals surface area contributed by atoms with E-state index in [1.54, 1.807) is 6.92 Å². The Morgan fingerprint density at radius 3 is 2.48 bits per heavy atom. The lowest BCUT2D eigenvalue weighted by atomic mass is 10.1. The van der Waals surface area contributed by atoms with Crippen LogP contribution in [-0.2, 0) is 23.8 Å². The van der Waals surface area contributed by atoms with Gasteiger partial charge in [-0.25, -0.2) is 4.79 Å². The molecule has 0 aromatic rings. The highest BCUT2D eigenvalue weighted by Gasteiger charge is 2.22. The summed E-state index contributed by atoms with van der Waals surface area (Å²) in [6.07, 6.45) is 7.05. The first-order valence-electron chi connectivity index (χ1n) is 8.84. The van der Waals surface area contributed by atoms with E-state index in [1.807, 2.05) is 4.90 Å². The van der Waals surface area contributed by atoms with Crippen LogP contribution in [0.1, 0.15) is 51.9 Å². The molecule has 0 saturated carbocycles. The van der Waals surface area contributed by atoms with Crippen molar-refractivity contribution < 1.29 is 23.8 Å². The minimum atomic E-state index is -0.667. The smallest absolute Gasteiger partial charge is 0.335 e. The first-order chi connectivity index (χ1) is 11.2. The predicted octanol–water partition coefficient (Wildman–Crippen LogP) is 1.91. The largest absolute Gasteiger partial charge is 0.454 e. The van der Waals surface area contributed by atoms with Crippen LogP contribution in [0.15, 0.2) is 0 Å². The standard InChI is InChI=1S/C17H29NO5/c1-14(22-12-15-8-7-11-21-15)17(20)23-13-16(19)18-9-5-3-2-4-6-10-18/h14-15H,2-13H2,1H3. The molecule has 2 atom stereocenters. The third kappa shape index (κ3) is 6.47. The Kier molecular flexibility index (Phi) is 7.82. The van der Waals surface area contributed by atoms with Gasteiger partial charge in [-0.2, -0.15) is 0 Å². The summed E-state index contributed by atoms with van der Waals surface area (Å²) in [7, 11) is 0. The minimum Gasteiger partial charge on any atom is -0.454 e. The fourth-order valence-corrected chi connectivity index (χ4v) is 2.93. The second-order valence-corrected chi connectivity index (χ2v) is 6.37. The summed E-state index contributed by atoms with van der Waals surface area (Å²) in [6.45, 7) is 4.15. The van der Waals surface area contributed by atoms with E-state index in [1.165, 1.54) is 6.42 Å². The molecule has 0 bridgehead atoms. The SMILES string of the molecule is CC(OCC1CCCO1)C(=O)OCC(=O)N1CCCCCCC1. The number of likely N-dealkylation sites (tertiary alicyclic amines) is 1. The Balaban J connectivity index is 1.64. The van der Waals surface area contributed by atoms with Crippen LogP contribution < -0.4 is 0 Å². The second kappa shape index (κ2) is 9.88. The molecule has 0 radical (unpaired) electrons. The summed E-state index contributed by atoms with van der Waals surface area (Å²) in [5.74, 6) is -0.588. The third-order valence-electron chi connectivity index (χ3n) is 4.43. The molecule has 0 aromatic carbocycles. The van der Waals surface area contributed by atoms with Crippen molar-refractivity contribution in [2.45, 2.75) is 64.1 Å². The van der Waals surface area contributed by atoms with E-state index in [4.69, 9.17) is 14.2 Å². The maximum Gasteiger partial charge on any atom is 0.335 e. The molecule has 2 aliphatic rings. The average Bonchev–Trinajstić information content (AvgIpc) is 3.03. The highest BCUT2D eigenvalue weighted by molar-refractivity contribution is 5.81. The topological polar surface area (TPSA) is 65.1 Å². The molecule has 6 nitrogen and oxygen atoms in total. The normalized spacial score (nSPS) is 23.9. The number of nitrogens with zero attached hydrogens (tertiary/aromatic N) is 1. The van der Waals surface area contributed by atoms with Crippen LogP contribution in [0.2, 0.25) is 0 Å². The summed E-state index contributed by atoms with van der Waals surface area (Å²) >= 11 is 0. The number of carbonyl (C=O) groups is 2. The van der Waals surface area contributed by atoms with Crippen LogP contribution in [0.3, 0.4) is 0 Å². The van der Waals surface area contributed by atoms with Crippen molar-refractivity contribution in [3.8, 4) is 0 Å². The zero-order valence-corrected chi connectivity index (χ0v) is 14.1. The first-order valence-corrected chi connectivity index (χ1v) is 8.84. The zero-order chi connectivity index (χ0) is 16.5. The number of carbonyl (C=O) groups excluding carboxylic acids is 2. The number of ether oxygens (including phenoxy) is 3. The molecule has 0 aliphatic carbocycles. The van der Waals surface area contributed by atoms with Gasteiger partial charge >= 0.3 is 5.97 Å². The molecule has 2 unspecified atom stereocenters. The summed E-state index contributed by atoms with van der Waals surface area (Å²) < 4.78 is 16.0. The van der Waals surface area contributed by atoms with E-state index < -0.39 is 12.1 Å². The van der Waals surface area contributed by atoms with Crippen molar-refractivity contribution >= 4 is 11.9 Å². The lowest BCUT2D eigenvalue weighted by Crippen LogP contribution is -2.38. The van der Waals surface area contributed by atoms with E-state index >= 15 is 0 Å². The van der Waals surface area contributed by atoms with Gasteiger partial charge in [-0.3, -0.25) is 4.79 Å². The summed E-state index contributed by atoms with van der Waals surface area (Å²) in [5, 5.41) is 0. The molecule has 1 amide bonds.